The Kier molecular flexibility index (Phi) is 12.7. The third-order valence-corrected chi connectivity index (χ3v) is 3.98. The molecule has 2 heterocycles. The number of nitrogens with two attached hydrogens (primary N) is 1. The molecule has 0 aliphatic rings. The molecule has 0 fully saturated rings. The van der Waals surface area contributed by atoms with Crippen molar-refractivity contribution in [3.8, 4) is 17.1 Å². The number of hydrogen-bond donors (Lipinski definition) is 1. The van der Waals surface area contributed by atoms with Gasteiger partial charge in [-0.1, -0.05) is 27.7 Å². The number of anilines is 1. The topological polar surface area (TPSA) is 70.3 Å². The molecule has 2 aromatic heterocycles. The number of hydrogen-bond acceptors (Lipinski definition) is 5. The highest BCUT2D eigenvalue weighted by Gasteiger charge is 2.12. The van der Waals surface area contributed by atoms with Crippen molar-refractivity contribution in [2.24, 2.45) is 0 Å². The van der Waals surface area contributed by atoms with Gasteiger partial charge in [-0.2, -0.15) is 0 Å². The van der Waals surface area contributed by atoms with Gasteiger partial charge in [-0.25, -0.2) is 9.97 Å². The summed E-state index contributed by atoms with van der Waals surface area (Å²) in [6.45, 7) is 11.0. The Morgan fingerprint density at radius 3 is 2.23 bits per heavy atom. The third kappa shape index (κ3) is 7.30. The fourth-order valence-corrected chi connectivity index (χ4v) is 2.46. The van der Waals surface area contributed by atoms with Gasteiger partial charge < -0.3 is 15.2 Å². The fraction of sp³-hybridized carbons (Fsp3) is 0.500. The molecular formula is C20H32BrN3O2. The van der Waals surface area contributed by atoms with Crippen molar-refractivity contribution in [3.05, 3.63) is 34.1 Å². The van der Waals surface area contributed by atoms with Gasteiger partial charge in [0.15, 0.2) is 0 Å². The molecule has 26 heavy (non-hydrogen) atoms. The maximum Gasteiger partial charge on any atom is 0.213 e. The summed E-state index contributed by atoms with van der Waals surface area (Å²) in [5, 5.41) is 0. The predicted octanol–water partition coefficient (Wildman–Crippen LogP) is 5.44. The molecule has 5 nitrogen and oxygen atoms in total. The molecule has 0 aromatic carbocycles. The minimum absolute atomic E-state index is 0.618. The van der Waals surface area contributed by atoms with Crippen molar-refractivity contribution in [3.63, 3.8) is 0 Å². The molecule has 146 valence electrons. The van der Waals surface area contributed by atoms with Gasteiger partial charge in [-0.15, -0.1) is 0 Å². The first-order valence-corrected chi connectivity index (χ1v) is 9.73. The normalized spacial score (nSPS) is 9.54. The average Bonchev–Trinajstić information content (AvgIpc) is 2.67. The van der Waals surface area contributed by atoms with E-state index in [1.54, 1.807) is 14.2 Å². The van der Waals surface area contributed by atoms with Crippen LogP contribution in [-0.4, -0.2) is 30.8 Å². The van der Waals surface area contributed by atoms with Crippen molar-refractivity contribution in [2.75, 3.05) is 26.6 Å². The number of halogens is 1. The minimum atomic E-state index is 0.618. The molecule has 0 amide bonds. The summed E-state index contributed by atoms with van der Waals surface area (Å²) in [5.74, 6) is 0.618. The van der Waals surface area contributed by atoms with Crippen LogP contribution in [0.4, 0.5) is 5.69 Å². The van der Waals surface area contributed by atoms with Gasteiger partial charge in [0.2, 0.25) is 5.88 Å². The van der Waals surface area contributed by atoms with Gasteiger partial charge in [0.05, 0.1) is 24.2 Å². The molecule has 6 heteroatoms. The first-order valence-electron chi connectivity index (χ1n) is 8.94. The Hall–Kier alpha value is -1.66. The summed E-state index contributed by atoms with van der Waals surface area (Å²) >= 11 is 3.37. The summed E-state index contributed by atoms with van der Waals surface area (Å²) in [5.41, 5.74) is 10.4. The maximum atomic E-state index is 5.84. The van der Waals surface area contributed by atoms with Crippen LogP contribution in [0.3, 0.4) is 0 Å². The first-order chi connectivity index (χ1) is 12.5. The smallest absolute Gasteiger partial charge is 0.213 e. The Labute approximate surface area is 166 Å². The Balaban J connectivity index is 0.000000772. The van der Waals surface area contributed by atoms with Gasteiger partial charge in [-0.05, 0) is 53.4 Å². The van der Waals surface area contributed by atoms with E-state index in [4.69, 9.17) is 15.2 Å². The number of nitrogen functional groups attached to an aromatic ring is 1. The van der Waals surface area contributed by atoms with Gasteiger partial charge in [0, 0.05) is 25.3 Å². The summed E-state index contributed by atoms with van der Waals surface area (Å²) in [6, 6.07) is 5.75. The van der Waals surface area contributed by atoms with Crippen LogP contribution in [0.1, 0.15) is 45.4 Å². The third-order valence-electron chi connectivity index (χ3n) is 3.35. The quantitative estimate of drug-likeness (QED) is 0.645. The van der Waals surface area contributed by atoms with Crippen molar-refractivity contribution >= 4 is 21.6 Å². The molecule has 0 bridgehead atoms. The van der Waals surface area contributed by atoms with E-state index in [1.807, 2.05) is 39.0 Å². The maximum absolute atomic E-state index is 5.84. The lowest BCUT2D eigenvalue weighted by Gasteiger charge is -2.12. The molecule has 0 unspecified atom stereocenters. The molecule has 0 saturated heterocycles. The molecule has 0 saturated carbocycles. The Morgan fingerprint density at radius 2 is 1.77 bits per heavy atom. The van der Waals surface area contributed by atoms with E-state index in [1.165, 1.54) is 0 Å². The van der Waals surface area contributed by atoms with Crippen molar-refractivity contribution < 1.29 is 9.47 Å². The minimum Gasteiger partial charge on any atom is -0.481 e. The Morgan fingerprint density at radius 1 is 1.12 bits per heavy atom. The summed E-state index contributed by atoms with van der Waals surface area (Å²) in [7, 11) is 3.33. The van der Waals surface area contributed by atoms with Crippen LogP contribution in [-0.2, 0) is 11.2 Å². The molecule has 0 aliphatic carbocycles. The van der Waals surface area contributed by atoms with E-state index >= 15 is 0 Å². The number of ether oxygens (including phenoxy) is 2. The van der Waals surface area contributed by atoms with Crippen LogP contribution in [0.5, 0.6) is 5.88 Å². The highest BCUT2D eigenvalue weighted by atomic mass is 79.9. The number of rotatable bonds is 5. The van der Waals surface area contributed by atoms with Crippen LogP contribution in [0.2, 0.25) is 0 Å². The standard InChI is InChI=1S/C14H16BrN3O.C4H10O.C2H6/c1-4-11-9(5-6-12(17-11)19-3)13-8(2)7-10(16)14(15)18-13;1-3-4-5-2;1-2/h5-7H,4,16H2,1-3H3;3-4H2,1-2H3;1-2H3. The lowest BCUT2D eigenvalue weighted by Crippen LogP contribution is -2.00. The van der Waals surface area contributed by atoms with Gasteiger partial charge in [-0.3, -0.25) is 0 Å². The number of aryl methyl sites for hydroxylation is 2. The number of pyridine rings is 2. The number of methoxy groups -OCH3 is 2. The van der Waals surface area contributed by atoms with E-state index < -0.39 is 0 Å². The zero-order valence-corrected chi connectivity index (χ0v) is 18.6. The zero-order chi connectivity index (χ0) is 20.1. The van der Waals surface area contributed by atoms with Crippen LogP contribution >= 0.6 is 15.9 Å². The van der Waals surface area contributed by atoms with Crippen LogP contribution in [0.15, 0.2) is 22.8 Å². The zero-order valence-electron chi connectivity index (χ0n) is 17.0. The van der Waals surface area contributed by atoms with Gasteiger partial charge in [0.1, 0.15) is 4.60 Å². The van der Waals surface area contributed by atoms with Crippen LogP contribution < -0.4 is 10.5 Å². The predicted molar refractivity (Wildman–Crippen MR) is 114 cm³/mol. The average molecular weight is 426 g/mol. The molecule has 0 atom stereocenters. The summed E-state index contributed by atoms with van der Waals surface area (Å²) in [4.78, 5) is 8.99. The van der Waals surface area contributed by atoms with Crippen molar-refractivity contribution in [1.29, 1.82) is 0 Å². The second kappa shape index (κ2) is 13.5. The summed E-state index contributed by atoms with van der Waals surface area (Å²) < 4.78 is 10.5. The largest absolute Gasteiger partial charge is 0.481 e. The monoisotopic (exact) mass is 425 g/mol. The molecule has 2 rings (SSSR count). The second-order valence-electron chi connectivity index (χ2n) is 5.23. The van der Waals surface area contributed by atoms with Crippen LogP contribution in [0.25, 0.3) is 11.3 Å². The molecular weight excluding hydrogens is 394 g/mol. The van der Waals surface area contributed by atoms with Gasteiger partial charge >= 0.3 is 0 Å². The van der Waals surface area contributed by atoms with Crippen molar-refractivity contribution in [1.82, 2.24) is 9.97 Å². The second-order valence-corrected chi connectivity index (χ2v) is 5.98. The van der Waals surface area contributed by atoms with Crippen molar-refractivity contribution in [2.45, 2.75) is 47.5 Å². The lowest BCUT2D eigenvalue weighted by atomic mass is 10.0. The molecule has 0 aliphatic heterocycles. The number of nitrogens with zero attached hydrogens (tertiary/aromatic N) is 2. The molecule has 0 radical (unpaired) electrons. The molecule has 2 aromatic rings. The fourth-order valence-electron chi connectivity index (χ4n) is 2.17. The highest BCUT2D eigenvalue weighted by molar-refractivity contribution is 9.10. The van der Waals surface area contributed by atoms with E-state index in [0.29, 0.717) is 16.2 Å². The van der Waals surface area contributed by atoms with E-state index in [0.717, 1.165) is 42.0 Å². The van der Waals surface area contributed by atoms with E-state index in [2.05, 4.69) is 39.7 Å². The van der Waals surface area contributed by atoms with E-state index in [-0.39, 0.29) is 0 Å². The molecule has 0 spiro atoms. The lowest BCUT2D eigenvalue weighted by molar-refractivity contribution is 0.199. The summed E-state index contributed by atoms with van der Waals surface area (Å²) in [6.07, 6.45) is 1.94. The molecule has 2 N–H and O–H groups in total. The number of aromatic nitrogens is 2. The van der Waals surface area contributed by atoms with Crippen LogP contribution in [0, 0.1) is 6.92 Å². The Bertz CT molecular complexity index is 662. The van der Waals surface area contributed by atoms with Gasteiger partial charge in [0.25, 0.3) is 0 Å². The SMILES string of the molecule is CC.CCCOC.CCc1nc(OC)ccc1-c1nc(Br)c(N)cc1C. The highest BCUT2D eigenvalue weighted by Crippen LogP contribution is 2.30. The van der Waals surface area contributed by atoms with E-state index in [9.17, 15) is 0 Å². The first kappa shape index (κ1) is 24.3.